The van der Waals surface area contributed by atoms with Crippen LogP contribution in [-0.2, 0) is 22.6 Å². The van der Waals surface area contributed by atoms with Crippen LogP contribution in [0.3, 0.4) is 0 Å². The van der Waals surface area contributed by atoms with Crippen LogP contribution in [0.5, 0.6) is 0 Å². The predicted molar refractivity (Wildman–Crippen MR) is 192 cm³/mol. The smallest absolute Gasteiger partial charge is 0.325 e. The van der Waals surface area contributed by atoms with Crippen molar-refractivity contribution in [2.45, 2.75) is 77.4 Å². The number of anilines is 2. The van der Waals surface area contributed by atoms with E-state index in [0.717, 1.165) is 70.2 Å². The number of aliphatic hydroxyl groups excluding tert-OH is 1. The average Bonchev–Trinajstić information content (AvgIpc) is 4.05. The summed E-state index contributed by atoms with van der Waals surface area (Å²) in [6.45, 7) is 6.19. The number of aromatic nitrogens is 2. The van der Waals surface area contributed by atoms with E-state index in [1.165, 1.54) is 0 Å². The molecule has 2 aromatic heterocycles. The number of rotatable bonds is 14. The van der Waals surface area contributed by atoms with Crippen molar-refractivity contribution in [1.29, 1.82) is 0 Å². The Hall–Kier alpha value is -4.97. The Morgan fingerprint density at radius 1 is 0.840 bits per heavy atom. The minimum Gasteiger partial charge on any atom is -0.465 e. The van der Waals surface area contributed by atoms with E-state index in [9.17, 15) is 19.5 Å². The highest BCUT2D eigenvalue weighted by Crippen LogP contribution is 2.43. The molecule has 2 heterocycles. The van der Waals surface area contributed by atoms with Crippen LogP contribution in [-0.4, -0.2) is 52.1 Å². The van der Waals surface area contributed by atoms with Gasteiger partial charge in [0.2, 0.25) is 0 Å². The molecule has 0 spiro atoms. The van der Waals surface area contributed by atoms with Crippen molar-refractivity contribution < 1.29 is 24.2 Å². The molecule has 4 aromatic rings. The summed E-state index contributed by atoms with van der Waals surface area (Å²) in [6.07, 6.45) is 7.61. The third kappa shape index (κ3) is 7.75. The molecule has 11 heteroatoms. The fraction of sp³-hybridized carbons (Fsp3) is 0.359. The lowest BCUT2D eigenvalue weighted by molar-refractivity contribution is -0.146. The Morgan fingerprint density at radius 3 is 1.80 bits per heavy atom. The summed E-state index contributed by atoms with van der Waals surface area (Å²) in [4.78, 5) is 47.8. The van der Waals surface area contributed by atoms with Gasteiger partial charge in [0, 0.05) is 36.9 Å². The zero-order chi connectivity index (χ0) is 35.4. The van der Waals surface area contributed by atoms with E-state index in [2.05, 4.69) is 25.9 Å². The van der Waals surface area contributed by atoms with Crippen LogP contribution in [0.4, 0.5) is 11.4 Å². The quantitative estimate of drug-likeness (QED) is 0.108. The van der Waals surface area contributed by atoms with Crippen LogP contribution in [0.1, 0.15) is 98.8 Å². The van der Waals surface area contributed by atoms with Gasteiger partial charge in [0.15, 0.2) is 0 Å². The van der Waals surface area contributed by atoms with E-state index in [-0.39, 0.29) is 25.0 Å². The van der Waals surface area contributed by atoms with E-state index in [0.29, 0.717) is 47.7 Å². The monoisotopic (exact) mass is 676 g/mol. The van der Waals surface area contributed by atoms with Crippen LogP contribution in [0.25, 0.3) is 11.1 Å². The standard InChI is InChI=1S/C39H44N6O5/c1-4-50-39(49)36(21-46)43-20-27-19-42-35(16-31(27)25-13-14-25)38(48)45-33-10-6-8-29(23(33)3)28-7-5-9-32(22(28)2)44-37(47)34-15-30(24-11-12-24)26(17-40)18-41-34/h5-10,15-16,18-19,24-25,36,43,46H,4,11-14,17,20-21,40H2,1-3H3,(H,44,47)(H,45,48)/t36-/m0/s1. The number of aliphatic hydroxyl groups is 1. The molecule has 2 aromatic carbocycles. The lowest BCUT2D eigenvalue weighted by atomic mass is 9.94. The Bertz CT molecular complexity index is 1920. The molecule has 2 aliphatic rings. The Labute approximate surface area is 292 Å². The third-order valence-electron chi connectivity index (χ3n) is 9.51. The number of pyridine rings is 2. The van der Waals surface area contributed by atoms with Gasteiger partial charge in [0.05, 0.1) is 13.2 Å². The van der Waals surface area contributed by atoms with Crippen LogP contribution >= 0.6 is 0 Å². The van der Waals surface area contributed by atoms with E-state index < -0.39 is 12.0 Å². The molecule has 1 atom stereocenters. The second-order valence-corrected chi connectivity index (χ2v) is 13.0. The lowest BCUT2D eigenvalue weighted by Crippen LogP contribution is -2.40. The molecule has 6 N–H and O–H groups in total. The fourth-order valence-electron chi connectivity index (χ4n) is 6.31. The highest BCUT2D eigenvalue weighted by Gasteiger charge is 2.29. The largest absolute Gasteiger partial charge is 0.465 e. The SMILES string of the molecule is CCOC(=O)[C@H](CO)NCc1cnc(C(=O)Nc2cccc(-c3cccc(NC(=O)c4cc(C5CC5)c(CN)cn4)c3C)c2C)cc1C1CC1. The Balaban J connectivity index is 1.18. The van der Waals surface area contributed by atoms with Gasteiger partial charge in [-0.1, -0.05) is 24.3 Å². The summed E-state index contributed by atoms with van der Waals surface area (Å²) in [7, 11) is 0. The summed E-state index contributed by atoms with van der Waals surface area (Å²) < 4.78 is 5.04. The second-order valence-electron chi connectivity index (χ2n) is 13.0. The van der Waals surface area contributed by atoms with Gasteiger partial charge in [0.1, 0.15) is 17.4 Å². The fourth-order valence-corrected chi connectivity index (χ4v) is 6.31. The summed E-state index contributed by atoms with van der Waals surface area (Å²) in [6, 6.07) is 14.4. The number of esters is 1. The first kappa shape index (κ1) is 34.9. The number of carbonyl (C=O) groups is 3. The molecule has 2 aliphatic carbocycles. The van der Waals surface area contributed by atoms with Gasteiger partial charge in [-0.15, -0.1) is 0 Å². The molecular weight excluding hydrogens is 632 g/mol. The first-order chi connectivity index (χ1) is 24.2. The first-order valence-electron chi connectivity index (χ1n) is 17.2. The molecule has 2 fully saturated rings. The van der Waals surface area contributed by atoms with Crippen molar-refractivity contribution in [1.82, 2.24) is 15.3 Å². The zero-order valence-corrected chi connectivity index (χ0v) is 28.7. The van der Waals surface area contributed by atoms with Crippen LogP contribution in [0, 0.1) is 13.8 Å². The number of hydrogen-bond donors (Lipinski definition) is 5. The highest BCUT2D eigenvalue weighted by molar-refractivity contribution is 6.05. The highest BCUT2D eigenvalue weighted by atomic mass is 16.5. The molecule has 260 valence electrons. The van der Waals surface area contributed by atoms with E-state index in [1.54, 1.807) is 19.3 Å². The number of hydrogen-bond acceptors (Lipinski definition) is 9. The molecule has 50 heavy (non-hydrogen) atoms. The lowest BCUT2D eigenvalue weighted by Gasteiger charge is -2.18. The molecule has 0 unspecified atom stereocenters. The Morgan fingerprint density at radius 2 is 1.34 bits per heavy atom. The zero-order valence-electron chi connectivity index (χ0n) is 28.7. The predicted octanol–water partition coefficient (Wildman–Crippen LogP) is 5.49. The minimum absolute atomic E-state index is 0.229. The van der Waals surface area contributed by atoms with Crippen LogP contribution in [0.2, 0.25) is 0 Å². The third-order valence-corrected chi connectivity index (χ3v) is 9.51. The molecule has 0 saturated heterocycles. The molecular formula is C39H44N6O5. The second kappa shape index (κ2) is 15.3. The number of nitrogens with one attached hydrogen (secondary N) is 3. The summed E-state index contributed by atoms with van der Waals surface area (Å²) in [5, 5.41) is 18.8. The van der Waals surface area contributed by atoms with Gasteiger partial charge in [-0.3, -0.25) is 29.7 Å². The molecule has 2 saturated carbocycles. The Kier molecular flexibility index (Phi) is 10.7. The van der Waals surface area contributed by atoms with Crippen molar-refractivity contribution in [3.63, 3.8) is 0 Å². The van der Waals surface area contributed by atoms with Crippen molar-refractivity contribution in [2.75, 3.05) is 23.8 Å². The maximum Gasteiger partial charge on any atom is 0.325 e. The average molecular weight is 677 g/mol. The van der Waals surface area contributed by atoms with Gasteiger partial charge >= 0.3 is 5.97 Å². The molecule has 0 bridgehead atoms. The normalized spacial score (nSPS) is 14.6. The van der Waals surface area contributed by atoms with Gasteiger partial charge in [-0.05, 0) is 127 Å². The van der Waals surface area contributed by atoms with Gasteiger partial charge in [-0.25, -0.2) is 0 Å². The molecule has 0 radical (unpaired) electrons. The molecule has 0 aliphatic heterocycles. The van der Waals surface area contributed by atoms with Crippen LogP contribution < -0.4 is 21.7 Å². The minimum atomic E-state index is -0.841. The van der Waals surface area contributed by atoms with Crippen molar-refractivity contribution in [2.24, 2.45) is 5.73 Å². The van der Waals surface area contributed by atoms with Crippen molar-refractivity contribution in [3.8, 4) is 11.1 Å². The topological polar surface area (TPSA) is 169 Å². The van der Waals surface area contributed by atoms with Crippen molar-refractivity contribution in [3.05, 3.63) is 106 Å². The number of nitrogens with zero attached hydrogens (tertiary/aromatic N) is 2. The number of nitrogens with two attached hydrogens (primary N) is 1. The summed E-state index contributed by atoms with van der Waals surface area (Å²) >= 11 is 0. The van der Waals surface area contributed by atoms with E-state index in [1.807, 2.05) is 62.4 Å². The number of carbonyl (C=O) groups excluding carboxylic acids is 3. The summed E-state index contributed by atoms with van der Waals surface area (Å²) in [5.41, 5.74) is 15.5. The maximum atomic E-state index is 13.5. The summed E-state index contributed by atoms with van der Waals surface area (Å²) in [5.74, 6) is -0.349. The maximum absolute atomic E-state index is 13.5. The van der Waals surface area contributed by atoms with Crippen molar-refractivity contribution >= 4 is 29.2 Å². The number of ether oxygens (including phenoxy) is 1. The number of amides is 2. The molecule has 11 nitrogen and oxygen atoms in total. The molecule has 6 rings (SSSR count). The van der Waals surface area contributed by atoms with Crippen LogP contribution in [0.15, 0.2) is 60.9 Å². The number of benzene rings is 2. The first-order valence-corrected chi connectivity index (χ1v) is 17.2. The van der Waals surface area contributed by atoms with Gasteiger partial charge in [-0.2, -0.15) is 0 Å². The van der Waals surface area contributed by atoms with E-state index in [4.69, 9.17) is 10.5 Å². The molecule has 2 amide bonds. The van der Waals surface area contributed by atoms with E-state index >= 15 is 0 Å². The van der Waals surface area contributed by atoms with Gasteiger partial charge in [0.25, 0.3) is 11.8 Å². The van der Waals surface area contributed by atoms with Gasteiger partial charge < -0.3 is 26.2 Å².